The van der Waals surface area contributed by atoms with Crippen LogP contribution < -0.4 is 33.6 Å². The van der Waals surface area contributed by atoms with Crippen molar-refractivity contribution >= 4 is 47.0 Å². The second-order valence-corrected chi connectivity index (χ2v) is 21.9. The summed E-state index contributed by atoms with van der Waals surface area (Å²) in [6.07, 6.45) is 10.7. The molecule has 5 aromatic rings. The van der Waals surface area contributed by atoms with Crippen molar-refractivity contribution in [2.45, 2.75) is 96.3 Å². The lowest BCUT2D eigenvalue weighted by Gasteiger charge is -2.37. The predicted molar refractivity (Wildman–Crippen MR) is 292 cm³/mol. The molecule has 5 amide bonds. The van der Waals surface area contributed by atoms with E-state index in [-0.39, 0.29) is 111 Å². The molecular weight excluding hydrogens is 1040 g/mol. The van der Waals surface area contributed by atoms with Gasteiger partial charge in [-0.25, -0.2) is 0 Å². The largest absolute Gasteiger partial charge is 0.542 e. The summed E-state index contributed by atoms with van der Waals surface area (Å²) in [6.45, 7) is 7.62. The van der Waals surface area contributed by atoms with Gasteiger partial charge in [-0.15, -0.1) is 5.10 Å². The molecule has 0 spiro atoms. The van der Waals surface area contributed by atoms with Gasteiger partial charge in [-0.1, -0.05) is 41.0 Å². The molecule has 2 bridgehead atoms. The van der Waals surface area contributed by atoms with E-state index in [0.717, 1.165) is 68.2 Å². The van der Waals surface area contributed by atoms with Crippen molar-refractivity contribution in [2.24, 2.45) is 23.7 Å². The van der Waals surface area contributed by atoms with Crippen LogP contribution in [-0.4, -0.2) is 171 Å². The number of hydrogen-bond acceptors (Lipinski definition) is 15. The Morgan fingerprint density at radius 1 is 0.840 bits per heavy atom. The van der Waals surface area contributed by atoms with Gasteiger partial charge in [0.25, 0.3) is 0 Å². The number of amides is 5. The van der Waals surface area contributed by atoms with Gasteiger partial charge in [-0.05, 0) is 103 Å². The van der Waals surface area contributed by atoms with Crippen LogP contribution in [0.2, 0.25) is 0 Å². The maximum atomic E-state index is 13.5. The van der Waals surface area contributed by atoms with Crippen molar-refractivity contribution < 1.29 is 57.3 Å². The molecule has 23 nitrogen and oxygen atoms in total. The van der Waals surface area contributed by atoms with Gasteiger partial charge in [0.2, 0.25) is 36.1 Å². The summed E-state index contributed by atoms with van der Waals surface area (Å²) < 4.78 is 22.7. The summed E-state index contributed by atoms with van der Waals surface area (Å²) in [4.78, 5) is 86.7. The van der Waals surface area contributed by atoms with Gasteiger partial charge in [-0.3, -0.25) is 43.2 Å². The third-order valence-electron chi connectivity index (χ3n) is 16.7. The van der Waals surface area contributed by atoms with Gasteiger partial charge in [0, 0.05) is 89.0 Å². The minimum Gasteiger partial charge on any atom is -0.492 e. The number of unbranched alkanes of at least 4 members (excludes halogenated alkanes) is 2. The first kappa shape index (κ1) is 56.5. The number of fused-ring (bicyclic) bond motifs is 6. The Hall–Kier alpha value is -7.79. The quantitative estimate of drug-likeness (QED) is 0.0180. The number of H-pyrrole nitrogens is 1. The lowest BCUT2D eigenvalue weighted by Crippen LogP contribution is -2.55. The first-order chi connectivity index (χ1) is 39.3. The van der Waals surface area contributed by atoms with E-state index in [1.807, 2.05) is 55.1 Å². The Morgan fingerprint density at radius 2 is 1.58 bits per heavy atom. The molecule has 10 rings (SSSR count). The SMILES string of the molecule is COc1[nH][n+](Cc2ccc(OC(=O)CCn3cc(CN(CCC(=O)NCCO)C(=O)CCCCCN4C(=O)[C@@H]5[C@H](C4=O)[C@H]4C=C[C@@H]5C4)nn3)cc2)c2ccc(N3CCC(c4ccc(OCCN5CCN(C)C(=O)[C@H]5C)cc4)CC3)n[n+]12. The maximum absolute atomic E-state index is 13.5. The van der Waals surface area contributed by atoms with Crippen LogP contribution in [0.15, 0.2) is 79.0 Å². The Bertz CT molecular complexity index is 3050. The maximum Gasteiger partial charge on any atom is 0.542 e. The molecule has 430 valence electrons. The van der Waals surface area contributed by atoms with Crippen molar-refractivity contribution in [3.8, 4) is 17.5 Å². The number of allylic oxidation sites excluding steroid dienone is 2. The zero-order chi connectivity index (χ0) is 56.6. The molecule has 2 aromatic carbocycles. The molecule has 2 aliphatic carbocycles. The van der Waals surface area contributed by atoms with Crippen LogP contribution in [-0.2, 0) is 48.4 Å². The molecule has 81 heavy (non-hydrogen) atoms. The summed E-state index contributed by atoms with van der Waals surface area (Å²) in [5.74, 6) is 1.49. The Kier molecular flexibility index (Phi) is 18.0. The fraction of sp³-hybridized carbons (Fsp3) is 0.534. The highest BCUT2D eigenvalue weighted by Crippen LogP contribution is 2.52. The highest BCUT2D eigenvalue weighted by Gasteiger charge is 2.59. The molecule has 0 radical (unpaired) electrons. The second-order valence-electron chi connectivity index (χ2n) is 21.9. The average molecular weight is 1110 g/mol. The molecule has 0 unspecified atom stereocenters. The highest BCUT2D eigenvalue weighted by atomic mass is 16.5. The summed E-state index contributed by atoms with van der Waals surface area (Å²) in [5, 5.41) is 28.5. The van der Waals surface area contributed by atoms with Gasteiger partial charge in [-0.2, -0.15) is 0 Å². The molecule has 1 saturated carbocycles. The Balaban J connectivity index is 0.656. The van der Waals surface area contributed by atoms with E-state index < -0.39 is 5.97 Å². The molecule has 3 saturated heterocycles. The minimum atomic E-state index is -0.462. The number of piperazine rings is 1. The molecule has 3 N–H and O–H groups in total. The lowest BCUT2D eigenvalue weighted by atomic mass is 9.85. The number of nitrogens with zero attached hydrogens (tertiary/aromatic N) is 11. The number of aliphatic hydroxyl groups excluding tert-OH is 1. The molecule has 23 heteroatoms. The number of aromatic amines is 1. The second kappa shape index (κ2) is 25.8. The lowest BCUT2D eigenvalue weighted by molar-refractivity contribution is -0.748. The third-order valence-corrected chi connectivity index (χ3v) is 16.7. The van der Waals surface area contributed by atoms with E-state index in [1.165, 1.54) is 15.1 Å². The standard InChI is InChI=1S/C58H73N13O10/c1-39-55(76)64(2)30-31-65(39)32-34-80-46-16-12-41(13-17-46)42-20-26-66(27-21-42)48-18-19-50-70(62-58(79-3)71(50)61-48)36-40-8-14-47(15-9-40)81-52(75)23-29-68-38-45(60-63-68)37-67(28-22-49(73)59-24-33-72)51(74)7-5-4-6-25-69-56(77)53-43-10-11-44(35-43)54(53)57(69)78/h8-19,38-39,42-44,53-54,72H,4-7,20-37H2,1-3H3/p+2/t39-,43-,44+,53+,54-/m1/s1. The van der Waals surface area contributed by atoms with E-state index in [0.29, 0.717) is 68.9 Å². The van der Waals surface area contributed by atoms with Crippen molar-refractivity contribution in [3.05, 3.63) is 95.8 Å². The summed E-state index contributed by atoms with van der Waals surface area (Å²) in [6, 6.07) is 20.1. The Labute approximate surface area is 470 Å². The number of nitrogens with one attached hydrogen (secondary N) is 2. The summed E-state index contributed by atoms with van der Waals surface area (Å²) in [7, 11) is 3.46. The fourth-order valence-electron chi connectivity index (χ4n) is 12.2. The number of carbonyl (C=O) groups is 6. The Morgan fingerprint density at radius 3 is 2.31 bits per heavy atom. The van der Waals surface area contributed by atoms with E-state index in [2.05, 4.69) is 54.8 Å². The number of benzene rings is 2. The average Bonchev–Trinajstić information content (AvgIpc) is 4.20. The number of likely N-dealkylation sites (tertiary alicyclic amines) is 1. The van der Waals surface area contributed by atoms with Crippen LogP contribution in [0.4, 0.5) is 5.82 Å². The number of ether oxygens (including phenoxy) is 3. The van der Waals surface area contributed by atoms with Crippen molar-refractivity contribution in [2.75, 3.05) is 84.6 Å². The number of piperidine rings is 1. The van der Waals surface area contributed by atoms with E-state index in [4.69, 9.17) is 24.4 Å². The molecule has 6 heterocycles. The zero-order valence-electron chi connectivity index (χ0n) is 46.6. The number of likely N-dealkylation sites (N-methyl/N-ethyl adjacent to an activating group) is 1. The van der Waals surface area contributed by atoms with E-state index >= 15 is 0 Å². The van der Waals surface area contributed by atoms with Gasteiger partial charge in [0.05, 0.1) is 67.9 Å². The van der Waals surface area contributed by atoms with Crippen LogP contribution in [0.5, 0.6) is 17.5 Å². The van der Waals surface area contributed by atoms with Gasteiger partial charge in [0.15, 0.2) is 5.82 Å². The van der Waals surface area contributed by atoms with Crippen molar-refractivity contribution in [1.29, 1.82) is 0 Å². The number of aryl methyl sites for hydroxylation is 1. The van der Waals surface area contributed by atoms with E-state index in [9.17, 15) is 28.8 Å². The molecular formula is C58H75N13O10+2. The van der Waals surface area contributed by atoms with Gasteiger partial charge >= 0.3 is 17.6 Å². The molecule has 5 atom stereocenters. The molecule has 3 aliphatic heterocycles. The monoisotopic (exact) mass is 1110 g/mol. The van der Waals surface area contributed by atoms with Crippen LogP contribution in [0.25, 0.3) is 5.65 Å². The third kappa shape index (κ3) is 13.2. The number of aromatic nitrogens is 7. The van der Waals surface area contributed by atoms with Crippen LogP contribution in [0.3, 0.4) is 0 Å². The number of rotatable bonds is 26. The molecule has 5 aliphatic rings. The number of methoxy groups -OCH3 is 1. The van der Waals surface area contributed by atoms with Gasteiger partial charge < -0.3 is 39.3 Å². The topological polar surface area (TPSA) is 246 Å². The van der Waals surface area contributed by atoms with Crippen molar-refractivity contribution in [3.63, 3.8) is 0 Å². The summed E-state index contributed by atoms with van der Waals surface area (Å²) >= 11 is 0. The highest BCUT2D eigenvalue weighted by molar-refractivity contribution is 6.06. The number of esters is 1. The predicted octanol–water partition coefficient (Wildman–Crippen LogP) is 2.20. The molecule has 3 aromatic heterocycles. The fourth-order valence-corrected chi connectivity index (χ4v) is 12.2. The first-order valence-corrected chi connectivity index (χ1v) is 28.6. The van der Waals surface area contributed by atoms with Crippen LogP contribution in [0, 0.1) is 23.7 Å². The number of hydrogen-bond donors (Lipinski definition) is 3. The van der Waals surface area contributed by atoms with Gasteiger partial charge in [0.1, 0.15) is 23.8 Å². The van der Waals surface area contributed by atoms with E-state index in [1.54, 1.807) is 39.8 Å². The smallest absolute Gasteiger partial charge is 0.492 e. The molecule has 4 fully saturated rings. The number of anilines is 1. The van der Waals surface area contributed by atoms with Crippen LogP contribution in [0.1, 0.15) is 87.4 Å². The normalized spacial score (nSPS) is 20.9. The minimum absolute atomic E-state index is 0.00831. The number of imide groups is 1. The van der Waals surface area contributed by atoms with Crippen LogP contribution >= 0.6 is 0 Å². The number of aliphatic hydroxyl groups is 1. The first-order valence-electron chi connectivity index (χ1n) is 28.6. The zero-order valence-corrected chi connectivity index (χ0v) is 46.6. The van der Waals surface area contributed by atoms with Crippen molar-refractivity contribution in [1.82, 2.24) is 50.1 Å². The number of carbonyl (C=O) groups excluding carboxylic acids is 6. The summed E-state index contributed by atoms with van der Waals surface area (Å²) in [5.41, 5.74) is 3.53.